The minimum absolute atomic E-state index is 0.0102. The van der Waals surface area contributed by atoms with Crippen LogP contribution in [0.3, 0.4) is 0 Å². The van der Waals surface area contributed by atoms with Crippen molar-refractivity contribution in [2.24, 2.45) is 0 Å². The van der Waals surface area contributed by atoms with E-state index in [2.05, 4.69) is 25.7 Å². The summed E-state index contributed by atoms with van der Waals surface area (Å²) in [5, 5.41) is 12.1. The minimum Gasteiger partial charge on any atom is -0.383 e. The first kappa shape index (κ1) is 20.1. The lowest BCUT2D eigenvalue weighted by Crippen LogP contribution is -2.28. The number of aromatic nitrogens is 4. The molecule has 0 aliphatic carbocycles. The van der Waals surface area contributed by atoms with Gasteiger partial charge in [-0.05, 0) is 11.8 Å². The van der Waals surface area contributed by atoms with Crippen LogP contribution < -0.4 is 10.6 Å². The number of thioether (sulfide) groups is 1. The number of carbonyl (C=O) groups is 1. The molecule has 9 heteroatoms. The predicted molar refractivity (Wildman–Crippen MR) is 111 cm³/mol. The van der Waals surface area contributed by atoms with Crippen LogP contribution in [0.2, 0.25) is 0 Å². The molecule has 1 aromatic carbocycles. The van der Waals surface area contributed by atoms with Crippen LogP contribution in [-0.2, 0) is 22.5 Å². The van der Waals surface area contributed by atoms with Crippen molar-refractivity contribution in [3.63, 3.8) is 0 Å². The fourth-order valence-electron chi connectivity index (χ4n) is 2.74. The molecule has 148 valence electrons. The number of methoxy groups -OCH3 is 1. The number of hydrogen-bond acceptors (Lipinski definition) is 7. The maximum absolute atomic E-state index is 12.1. The third-order valence-electron chi connectivity index (χ3n) is 4.11. The van der Waals surface area contributed by atoms with Gasteiger partial charge in [-0.15, -0.1) is 0 Å². The molecule has 3 rings (SSSR count). The number of anilines is 1. The second-order valence-corrected chi connectivity index (χ2v) is 6.87. The number of fused-ring (bicyclic) bond motifs is 1. The molecule has 0 aliphatic heterocycles. The first-order chi connectivity index (χ1) is 13.7. The molecular weight excluding hydrogens is 376 g/mol. The first-order valence-electron chi connectivity index (χ1n) is 9.02. The van der Waals surface area contributed by atoms with E-state index in [0.717, 1.165) is 22.4 Å². The summed E-state index contributed by atoms with van der Waals surface area (Å²) in [5.74, 6) is 0.731. The van der Waals surface area contributed by atoms with Crippen molar-refractivity contribution < 1.29 is 9.53 Å². The van der Waals surface area contributed by atoms with E-state index in [9.17, 15) is 4.79 Å². The molecule has 0 fully saturated rings. The Labute approximate surface area is 168 Å². The molecule has 0 saturated heterocycles. The monoisotopic (exact) mass is 400 g/mol. The van der Waals surface area contributed by atoms with Gasteiger partial charge in [0.05, 0.1) is 31.2 Å². The van der Waals surface area contributed by atoms with Crippen LogP contribution >= 0.6 is 11.8 Å². The fraction of sp³-hybridized carbons (Fsp3) is 0.368. The Balaban J connectivity index is 1.64. The maximum atomic E-state index is 12.1. The van der Waals surface area contributed by atoms with Crippen molar-refractivity contribution in [1.82, 2.24) is 25.1 Å². The van der Waals surface area contributed by atoms with Crippen LogP contribution in [0.4, 0.5) is 5.82 Å². The largest absolute Gasteiger partial charge is 0.383 e. The molecule has 0 atom stereocenters. The predicted octanol–water partition coefficient (Wildman–Crippen LogP) is 1.97. The van der Waals surface area contributed by atoms with Crippen LogP contribution in [-0.4, -0.2) is 58.7 Å². The van der Waals surface area contributed by atoms with Gasteiger partial charge in [-0.2, -0.15) is 5.10 Å². The average Bonchev–Trinajstić information content (AvgIpc) is 3.12. The Bertz CT molecular complexity index is 915. The minimum atomic E-state index is -0.0102. The standard InChI is InChI=1S/C19H24N6O2S/c1-27-11-9-21-17-15-13-22-25(18(15)24-19(23-17)28-2)10-8-20-16(26)12-14-6-4-3-5-7-14/h3-7,13H,8-12H2,1-2H3,(H,20,26)(H,21,23,24). The van der Waals surface area contributed by atoms with E-state index in [0.29, 0.717) is 37.8 Å². The smallest absolute Gasteiger partial charge is 0.224 e. The summed E-state index contributed by atoms with van der Waals surface area (Å²) in [5.41, 5.74) is 1.74. The lowest BCUT2D eigenvalue weighted by molar-refractivity contribution is -0.120. The molecule has 0 saturated carbocycles. The zero-order valence-corrected chi connectivity index (χ0v) is 16.8. The number of carbonyl (C=O) groups excluding carboxylic acids is 1. The van der Waals surface area contributed by atoms with Crippen molar-refractivity contribution in [2.75, 3.05) is 38.4 Å². The Morgan fingerprint density at radius 1 is 1.21 bits per heavy atom. The van der Waals surface area contributed by atoms with Gasteiger partial charge in [0.2, 0.25) is 5.91 Å². The van der Waals surface area contributed by atoms with Gasteiger partial charge in [0.25, 0.3) is 0 Å². The molecule has 0 spiro atoms. The van der Waals surface area contributed by atoms with Gasteiger partial charge >= 0.3 is 0 Å². The number of rotatable bonds is 10. The van der Waals surface area contributed by atoms with Crippen molar-refractivity contribution >= 4 is 34.5 Å². The summed E-state index contributed by atoms with van der Waals surface area (Å²) >= 11 is 1.47. The number of hydrogen-bond donors (Lipinski definition) is 2. The molecule has 3 aromatic rings. The molecule has 0 radical (unpaired) electrons. The van der Waals surface area contributed by atoms with Gasteiger partial charge in [-0.1, -0.05) is 42.1 Å². The molecule has 8 nitrogen and oxygen atoms in total. The molecule has 0 aliphatic rings. The van der Waals surface area contributed by atoms with Crippen molar-refractivity contribution in [1.29, 1.82) is 0 Å². The van der Waals surface area contributed by atoms with E-state index in [4.69, 9.17) is 4.74 Å². The van der Waals surface area contributed by atoms with E-state index in [1.54, 1.807) is 18.0 Å². The van der Waals surface area contributed by atoms with E-state index in [1.807, 2.05) is 36.6 Å². The van der Waals surface area contributed by atoms with Crippen LogP contribution in [0.25, 0.3) is 11.0 Å². The Hall–Kier alpha value is -2.65. The topological polar surface area (TPSA) is 94.0 Å². The third-order valence-corrected chi connectivity index (χ3v) is 4.66. The van der Waals surface area contributed by atoms with Gasteiger partial charge < -0.3 is 15.4 Å². The summed E-state index contributed by atoms with van der Waals surface area (Å²) in [6.07, 6.45) is 4.05. The second-order valence-electron chi connectivity index (χ2n) is 6.10. The van der Waals surface area contributed by atoms with E-state index in [-0.39, 0.29) is 5.91 Å². The Kier molecular flexibility index (Phi) is 7.21. The molecule has 2 N–H and O–H groups in total. The SMILES string of the molecule is COCCNc1nc(SC)nc2c1cnn2CCNC(=O)Cc1ccccc1. The highest BCUT2D eigenvalue weighted by Gasteiger charge is 2.13. The number of amides is 1. The van der Waals surface area contributed by atoms with Gasteiger partial charge in [-0.25, -0.2) is 14.6 Å². The third kappa shape index (κ3) is 5.20. The normalized spacial score (nSPS) is 10.9. The van der Waals surface area contributed by atoms with Crippen molar-refractivity contribution in [3.8, 4) is 0 Å². The summed E-state index contributed by atoms with van der Waals surface area (Å²) in [4.78, 5) is 21.2. The highest BCUT2D eigenvalue weighted by molar-refractivity contribution is 7.98. The molecular formula is C19H24N6O2S. The van der Waals surface area contributed by atoms with E-state index in [1.165, 1.54) is 11.8 Å². The molecule has 1 amide bonds. The number of benzene rings is 1. The zero-order chi connectivity index (χ0) is 19.8. The summed E-state index contributed by atoms with van der Waals surface area (Å²) < 4.78 is 6.88. The van der Waals surface area contributed by atoms with Gasteiger partial charge in [0.1, 0.15) is 5.82 Å². The Morgan fingerprint density at radius 3 is 2.79 bits per heavy atom. The van der Waals surface area contributed by atoms with Crippen molar-refractivity contribution in [2.45, 2.75) is 18.1 Å². The van der Waals surface area contributed by atoms with Gasteiger partial charge in [0.15, 0.2) is 10.8 Å². The number of nitrogens with one attached hydrogen (secondary N) is 2. The van der Waals surface area contributed by atoms with Crippen LogP contribution in [0, 0.1) is 0 Å². The highest BCUT2D eigenvalue weighted by Crippen LogP contribution is 2.23. The number of nitrogens with zero attached hydrogens (tertiary/aromatic N) is 4. The molecule has 28 heavy (non-hydrogen) atoms. The highest BCUT2D eigenvalue weighted by atomic mass is 32.2. The first-order valence-corrected chi connectivity index (χ1v) is 10.2. The number of ether oxygens (including phenoxy) is 1. The average molecular weight is 401 g/mol. The van der Waals surface area contributed by atoms with E-state index < -0.39 is 0 Å². The molecule has 2 aromatic heterocycles. The fourth-order valence-corrected chi connectivity index (χ4v) is 3.10. The van der Waals surface area contributed by atoms with Crippen LogP contribution in [0.1, 0.15) is 5.56 Å². The van der Waals surface area contributed by atoms with E-state index >= 15 is 0 Å². The van der Waals surface area contributed by atoms with Crippen LogP contribution in [0.15, 0.2) is 41.7 Å². The molecule has 2 heterocycles. The van der Waals surface area contributed by atoms with Crippen molar-refractivity contribution in [3.05, 3.63) is 42.1 Å². The van der Waals surface area contributed by atoms with Gasteiger partial charge in [0, 0.05) is 20.2 Å². The summed E-state index contributed by atoms with van der Waals surface area (Å²) in [7, 11) is 1.66. The maximum Gasteiger partial charge on any atom is 0.224 e. The van der Waals surface area contributed by atoms with Crippen LogP contribution in [0.5, 0.6) is 0 Å². The quantitative estimate of drug-likeness (QED) is 0.305. The molecule has 0 unspecified atom stereocenters. The molecule has 0 bridgehead atoms. The lowest BCUT2D eigenvalue weighted by atomic mass is 10.1. The summed E-state index contributed by atoms with van der Waals surface area (Å²) in [6, 6.07) is 9.69. The van der Waals surface area contributed by atoms with Gasteiger partial charge in [-0.3, -0.25) is 4.79 Å². The lowest BCUT2D eigenvalue weighted by Gasteiger charge is -2.09. The zero-order valence-electron chi connectivity index (χ0n) is 16.0. The summed E-state index contributed by atoms with van der Waals surface area (Å²) in [6.45, 7) is 2.25. The Morgan fingerprint density at radius 2 is 2.04 bits per heavy atom. The second kappa shape index (κ2) is 10.0.